The van der Waals surface area contributed by atoms with Crippen LogP contribution in [0.15, 0.2) is 24.3 Å². The van der Waals surface area contributed by atoms with E-state index >= 15 is 0 Å². The summed E-state index contributed by atoms with van der Waals surface area (Å²) in [6, 6.07) is 7.18. The molecule has 19 heavy (non-hydrogen) atoms. The van der Waals surface area contributed by atoms with Crippen LogP contribution in [-0.2, 0) is 21.1 Å². The van der Waals surface area contributed by atoms with E-state index in [0.29, 0.717) is 18.7 Å². The van der Waals surface area contributed by atoms with Crippen LogP contribution in [-0.4, -0.2) is 32.4 Å². The zero-order valence-corrected chi connectivity index (χ0v) is 11.4. The molecule has 1 aliphatic rings. The van der Waals surface area contributed by atoms with Crippen LogP contribution in [0, 0.1) is 5.92 Å². The molecular formula is C13H18N2O3S. The minimum Gasteiger partial charge on any atom is -0.399 e. The van der Waals surface area contributed by atoms with E-state index in [2.05, 4.69) is 5.32 Å². The highest BCUT2D eigenvalue weighted by Crippen LogP contribution is 2.17. The number of nitrogens with two attached hydrogens (primary N) is 1. The number of anilines is 1. The first kappa shape index (κ1) is 13.9. The molecule has 1 aromatic carbocycles. The average Bonchev–Trinajstić information content (AvgIpc) is 2.66. The molecule has 0 bridgehead atoms. The van der Waals surface area contributed by atoms with Crippen molar-refractivity contribution in [3.63, 3.8) is 0 Å². The van der Waals surface area contributed by atoms with E-state index < -0.39 is 9.84 Å². The number of carbonyl (C=O) groups is 1. The van der Waals surface area contributed by atoms with E-state index in [9.17, 15) is 13.2 Å². The molecule has 0 aliphatic carbocycles. The van der Waals surface area contributed by atoms with Crippen molar-refractivity contribution >= 4 is 21.4 Å². The van der Waals surface area contributed by atoms with Crippen LogP contribution in [0.3, 0.4) is 0 Å². The van der Waals surface area contributed by atoms with Crippen LogP contribution in [0.2, 0.25) is 0 Å². The van der Waals surface area contributed by atoms with Gasteiger partial charge in [0.1, 0.15) is 0 Å². The number of carbonyl (C=O) groups excluding carboxylic acids is 1. The summed E-state index contributed by atoms with van der Waals surface area (Å²) in [4.78, 5) is 11.7. The highest BCUT2D eigenvalue weighted by Gasteiger charge is 2.27. The van der Waals surface area contributed by atoms with E-state index in [0.717, 1.165) is 5.56 Å². The van der Waals surface area contributed by atoms with Gasteiger partial charge in [0.25, 0.3) is 0 Å². The van der Waals surface area contributed by atoms with Gasteiger partial charge in [0.15, 0.2) is 9.84 Å². The third-order valence-corrected chi connectivity index (χ3v) is 5.07. The Morgan fingerprint density at radius 2 is 2.21 bits per heavy atom. The van der Waals surface area contributed by atoms with Gasteiger partial charge in [-0.15, -0.1) is 0 Å². The molecular weight excluding hydrogens is 264 g/mol. The summed E-state index contributed by atoms with van der Waals surface area (Å²) in [6.45, 7) is 0.431. The van der Waals surface area contributed by atoms with Gasteiger partial charge in [0.05, 0.1) is 17.9 Å². The fourth-order valence-corrected chi connectivity index (χ4v) is 4.10. The molecule has 0 radical (unpaired) electrons. The molecule has 3 N–H and O–H groups in total. The van der Waals surface area contributed by atoms with E-state index in [-0.39, 0.29) is 29.8 Å². The van der Waals surface area contributed by atoms with Gasteiger partial charge < -0.3 is 11.1 Å². The molecule has 1 unspecified atom stereocenters. The van der Waals surface area contributed by atoms with Crippen LogP contribution in [0.5, 0.6) is 0 Å². The SMILES string of the molecule is Nc1cccc(CC(=O)NCC2CCS(=O)(=O)C2)c1. The molecule has 6 heteroatoms. The van der Waals surface area contributed by atoms with Gasteiger partial charge in [-0.3, -0.25) is 4.79 Å². The van der Waals surface area contributed by atoms with Gasteiger partial charge in [-0.2, -0.15) is 0 Å². The van der Waals surface area contributed by atoms with Crippen molar-refractivity contribution < 1.29 is 13.2 Å². The quantitative estimate of drug-likeness (QED) is 0.780. The predicted molar refractivity (Wildman–Crippen MR) is 74.3 cm³/mol. The molecule has 1 fully saturated rings. The summed E-state index contributed by atoms with van der Waals surface area (Å²) in [5.41, 5.74) is 7.13. The number of rotatable bonds is 4. The Bertz CT molecular complexity index is 569. The smallest absolute Gasteiger partial charge is 0.224 e. The molecule has 0 spiro atoms. The number of hydrogen-bond acceptors (Lipinski definition) is 4. The Balaban J connectivity index is 1.79. The monoisotopic (exact) mass is 282 g/mol. The van der Waals surface area contributed by atoms with Crippen LogP contribution in [0.1, 0.15) is 12.0 Å². The second-order valence-corrected chi connectivity index (χ2v) is 7.22. The number of hydrogen-bond donors (Lipinski definition) is 2. The van der Waals surface area contributed by atoms with Gasteiger partial charge in [-0.05, 0) is 30.0 Å². The fraction of sp³-hybridized carbons (Fsp3) is 0.462. The number of amides is 1. The summed E-state index contributed by atoms with van der Waals surface area (Å²) in [5.74, 6) is 0.374. The Hall–Kier alpha value is -1.56. The normalized spacial score (nSPS) is 21.2. The Labute approximate surface area is 113 Å². The third kappa shape index (κ3) is 4.24. The molecule has 104 valence electrons. The number of benzene rings is 1. The molecule has 1 saturated heterocycles. The summed E-state index contributed by atoms with van der Waals surface area (Å²) < 4.78 is 22.6. The standard InChI is InChI=1S/C13H18N2O3S/c14-12-3-1-2-10(6-12)7-13(16)15-8-11-4-5-19(17,18)9-11/h1-3,6,11H,4-5,7-9,14H2,(H,15,16). The highest BCUT2D eigenvalue weighted by atomic mass is 32.2. The van der Waals surface area contributed by atoms with Crippen molar-refractivity contribution in [2.24, 2.45) is 5.92 Å². The van der Waals surface area contributed by atoms with Crippen molar-refractivity contribution in [2.45, 2.75) is 12.8 Å². The van der Waals surface area contributed by atoms with E-state index in [1.165, 1.54) is 0 Å². The fourth-order valence-electron chi connectivity index (χ4n) is 2.24. The molecule has 1 aliphatic heterocycles. The first-order chi connectivity index (χ1) is 8.94. The maximum atomic E-state index is 11.7. The van der Waals surface area contributed by atoms with Gasteiger partial charge in [-0.25, -0.2) is 8.42 Å². The summed E-state index contributed by atoms with van der Waals surface area (Å²) in [6.07, 6.45) is 0.908. The Kier molecular flexibility index (Phi) is 4.09. The Morgan fingerprint density at radius 3 is 2.84 bits per heavy atom. The Morgan fingerprint density at radius 1 is 1.42 bits per heavy atom. The zero-order chi connectivity index (χ0) is 13.9. The number of nitrogen functional groups attached to an aromatic ring is 1. The van der Waals surface area contributed by atoms with Gasteiger partial charge in [0, 0.05) is 12.2 Å². The van der Waals surface area contributed by atoms with E-state index in [4.69, 9.17) is 5.73 Å². The highest BCUT2D eigenvalue weighted by molar-refractivity contribution is 7.91. The average molecular weight is 282 g/mol. The second kappa shape index (κ2) is 5.61. The molecule has 1 atom stereocenters. The molecule has 0 saturated carbocycles. The second-order valence-electron chi connectivity index (χ2n) is 4.99. The number of sulfone groups is 1. The van der Waals surface area contributed by atoms with Gasteiger partial charge in [0.2, 0.25) is 5.91 Å². The van der Waals surface area contributed by atoms with E-state index in [1.54, 1.807) is 12.1 Å². The van der Waals surface area contributed by atoms with Crippen molar-refractivity contribution in [3.8, 4) is 0 Å². The predicted octanol–water partition coefficient (Wildman–Crippen LogP) is 0.362. The van der Waals surface area contributed by atoms with Crippen molar-refractivity contribution in [2.75, 3.05) is 23.8 Å². The van der Waals surface area contributed by atoms with Crippen LogP contribution < -0.4 is 11.1 Å². The lowest BCUT2D eigenvalue weighted by Crippen LogP contribution is -2.31. The maximum Gasteiger partial charge on any atom is 0.224 e. The first-order valence-electron chi connectivity index (χ1n) is 6.26. The summed E-state index contributed by atoms with van der Waals surface area (Å²) in [5, 5.41) is 2.79. The topological polar surface area (TPSA) is 89.3 Å². The minimum atomic E-state index is -2.88. The lowest BCUT2D eigenvalue weighted by molar-refractivity contribution is -0.120. The molecule has 1 heterocycles. The van der Waals surface area contributed by atoms with Crippen molar-refractivity contribution in [3.05, 3.63) is 29.8 Å². The third-order valence-electron chi connectivity index (χ3n) is 3.23. The van der Waals surface area contributed by atoms with E-state index in [1.807, 2.05) is 12.1 Å². The molecule has 1 amide bonds. The lowest BCUT2D eigenvalue weighted by Gasteiger charge is -2.09. The van der Waals surface area contributed by atoms with Crippen LogP contribution in [0.25, 0.3) is 0 Å². The number of nitrogens with one attached hydrogen (secondary N) is 1. The molecule has 1 aromatic rings. The molecule has 5 nitrogen and oxygen atoms in total. The van der Waals surface area contributed by atoms with Gasteiger partial charge >= 0.3 is 0 Å². The van der Waals surface area contributed by atoms with Crippen molar-refractivity contribution in [1.82, 2.24) is 5.32 Å². The lowest BCUT2D eigenvalue weighted by atomic mass is 10.1. The maximum absolute atomic E-state index is 11.7. The minimum absolute atomic E-state index is 0.0507. The molecule has 2 rings (SSSR count). The zero-order valence-electron chi connectivity index (χ0n) is 10.6. The van der Waals surface area contributed by atoms with Crippen molar-refractivity contribution in [1.29, 1.82) is 0 Å². The van der Waals surface area contributed by atoms with Crippen LogP contribution in [0.4, 0.5) is 5.69 Å². The summed E-state index contributed by atoms with van der Waals surface area (Å²) in [7, 11) is -2.88. The van der Waals surface area contributed by atoms with Gasteiger partial charge in [-0.1, -0.05) is 12.1 Å². The molecule has 0 aromatic heterocycles. The van der Waals surface area contributed by atoms with Crippen LogP contribution >= 0.6 is 0 Å². The largest absolute Gasteiger partial charge is 0.399 e. The summed E-state index contributed by atoms with van der Waals surface area (Å²) >= 11 is 0. The first-order valence-corrected chi connectivity index (χ1v) is 8.08.